The van der Waals surface area contributed by atoms with Gasteiger partial charge in [-0.1, -0.05) is 229 Å². The second-order valence-electron chi connectivity index (χ2n) is 18.1. The molecule has 0 amide bonds. The number of hydrogen-bond donors (Lipinski definition) is 0. The average Bonchev–Trinajstić information content (AvgIpc) is 3.30. The Bertz CT molecular complexity index is 1230. The number of allylic oxidation sites excluding steroid dienone is 12. The van der Waals surface area contributed by atoms with Crippen LogP contribution in [0.2, 0.25) is 0 Å². The number of unbranched alkanes of at least 4 members (excludes halogenated alkanes) is 26. The molecular weight excluding hydrogens is 805 g/mol. The fraction of sp³-hybridized carbons (Fsp3) is 0.746. The van der Waals surface area contributed by atoms with Crippen LogP contribution >= 0.6 is 0 Å². The van der Waals surface area contributed by atoms with E-state index in [-0.39, 0.29) is 37.5 Å². The molecule has 0 bridgehead atoms. The quantitative estimate of drug-likeness (QED) is 0.0262. The van der Waals surface area contributed by atoms with E-state index in [1.165, 1.54) is 128 Å². The van der Waals surface area contributed by atoms with E-state index >= 15 is 0 Å². The summed E-state index contributed by atoms with van der Waals surface area (Å²) in [6.45, 7) is 6.54. The molecule has 0 aromatic heterocycles. The molecule has 0 saturated heterocycles. The van der Waals surface area contributed by atoms with Crippen molar-refractivity contribution in [2.75, 3.05) is 13.2 Å². The van der Waals surface area contributed by atoms with Crippen LogP contribution < -0.4 is 0 Å². The molecular formula is C59H102O6. The van der Waals surface area contributed by atoms with Gasteiger partial charge in [-0.25, -0.2) is 0 Å². The van der Waals surface area contributed by atoms with Crippen LogP contribution in [0.5, 0.6) is 0 Å². The Balaban J connectivity index is 4.48. The summed E-state index contributed by atoms with van der Waals surface area (Å²) < 4.78 is 16.8. The fourth-order valence-corrected chi connectivity index (χ4v) is 7.52. The molecule has 6 nitrogen and oxygen atoms in total. The van der Waals surface area contributed by atoms with Crippen molar-refractivity contribution in [2.24, 2.45) is 0 Å². The van der Waals surface area contributed by atoms with Crippen LogP contribution in [0.3, 0.4) is 0 Å². The largest absolute Gasteiger partial charge is 0.462 e. The van der Waals surface area contributed by atoms with Crippen LogP contribution in [-0.4, -0.2) is 37.2 Å². The molecule has 0 heterocycles. The topological polar surface area (TPSA) is 78.9 Å². The zero-order chi connectivity index (χ0) is 47.2. The standard InChI is InChI=1S/C59H102O6/c1-4-7-10-13-16-19-22-25-28-29-32-34-37-40-43-46-49-52-58(61)64-55-56(65-59(62)53-50-47-44-41-38-35-31-27-24-21-18-15-12-9-6-3)54-63-57(60)51-48-45-42-39-36-33-30-26-23-20-17-14-11-8-5-2/h16,18-19,21,25,27-28,31-32,34,40,43,56H,4-15,17,20,22-24,26,29-30,33,35-39,41-42,44-55H2,1-3H3. The Morgan fingerprint density at radius 3 is 0.954 bits per heavy atom. The minimum atomic E-state index is -0.803. The maximum absolute atomic E-state index is 12.8. The first-order valence-electron chi connectivity index (χ1n) is 27.4. The molecule has 0 fully saturated rings. The van der Waals surface area contributed by atoms with Crippen molar-refractivity contribution in [3.05, 3.63) is 72.9 Å². The number of hydrogen-bond acceptors (Lipinski definition) is 6. The Kier molecular flexibility index (Phi) is 50.9. The highest BCUT2D eigenvalue weighted by atomic mass is 16.6. The van der Waals surface area contributed by atoms with E-state index in [9.17, 15) is 14.4 Å². The van der Waals surface area contributed by atoms with Crippen LogP contribution in [0.1, 0.15) is 265 Å². The van der Waals surface area contributed by atoms with Gasteiger partial charge in [-0.2, -0.15) is 0 Å². The molecule has 0 spiro atoms. The van der Waals surface area contributed by atoms with Crippen molar-refractivity contribution in [2.45, 2.75) is 271 Å². The summed E-state index contributed by atoms with van der Waals surface area (Å²) in [5, 5.41) is 0. The van der Waals surface area contributed by atoms with Crippen molar-refractivity contribution in [3.8, 4) is 0 Å². The van der Waals surface area contributed by atoms with Crippen LogP contribution in [0.15, 0.2) is 72.9 Å². The first-order chi connectivity index (χ1) is 32.0. The minimum Gasteiger partial charge on any atom is -0.462 e. The van der Waals surface area contributed by atoms with Crippen molar-refractivity contribution >= 4 is 17.9 Å². The van der Waals surface area contributed by atoms with Crippen LogP contribution in [0.25, 0.3) is 0 Å². The number of rotatable bonds is 49. The molecule has 0 radical (unpaired) electrons. The first kappa shape index (κ1) is 61.9. The Hall–Kier alpha value is -3.15. The van der Waals surface area contributed by atoms with Gasteiger partial charge in [-0.05, 0) is 89.9 Å². The number of ether oxygens (including phenoxy) is 3. The van der Waals surface area contributed by atoms with E-state index < -0.39 is 6.10 Å². The van der Waals surface area contributed by atoms with Gasteiger partial charge in [0.25, 0.3) is 0 Å². The van der Waals surface area contributed by atoms with Gasteiger partial charge >= 0.3 is 17.9 Å². The molecule has 0 rings (SSSR count). The molecule has 6 heteroatoms. The summed E-state index contributed by atoms with van der Waals surface area (Å²) in [6, 6.07) is 0. The lowest BCUT2D eigenvalue weighted by atomic mass is 10.0. The third-order valence-electron chi connectivity index (χ3n) is 11.7. The lowest BCUT2D eigenvalue weighted by Crippen LogP contribution is -2.30. The molecule has 0 aliphatic carbocycles. The maximum atomic E-state index is 12.8. The van der Waals surface area contributed by atoms with Gasteiger partial charge < -0.3 is 14.2 Å². The molecule has 0 aromatic carbocycles. The Morgan fingerprint density at radius 2 is 0.569 bits per heavy atom. The Morgan fingerprint density at radius 1 is 0.308 bits per heavy atom. The lowest BCUT2D eigenvalue weighted by Gasteiger charge is -2.18. The molecule has 0 N–H and O–H groups in total. The molecule has 1 atom stereocenters. The molecule has 374 valence electrons. The Labute approximate surface area is 402 Å². The molecule has 0 saturated carbocycles. The normalized spacial score (nSPS) is 12.6. The van der Waals surface area contributed by atoms with E-state index in [1.807, 2.05) is 0 Å². The van der Waals surface area contributed by atoms with Crippen molar-refractivity contribution < 1.29 is 28.6 Å². The van der Waals surface area contributed by atoms with Crippen molar-refractivity contribution in [1.29, 1.82) is 0 Å². The smallest absolute Gasteiger partial charge is 0.306 e. The lowest BCUT2D eigenvalue weighted by molar-refractivity contribution is -0.167. The zero-order valence-electron chi connectivity index (χ0n) is 42.7. The summed E-state index contributed by atoms with van der Waals surface area (Å²) in [4.78, 5) is 38.0. The minimum absolute atomic E-state index is 0.0963. The summed E-state index contributed by atoms with van der Waals surface area (Å²) in [6.07, 6.45) is 67.4. The van der Waals surface area contributed by atoms with E-state index in [1.54, 1.807) is 0 Å². The van der Waals surface area contributed by atoms with Gasteiger partial charge in [-0.3, -0.25) is 14.4 Å². The fourth-order valence-electron chi connectivity index (χ4n) is 7.52. The molecule has 0 aromatic rings. The summed E-state index contributed by atoms with van der Waals surface area (Å²) >= 11 is 0. The first-order valence-corrected chi connectivity index (χ1v) is 27.4. The van der Waals surface area contributed by atoms with Crippen molar-refractivity contribution in [1.82, 2.24) is 0 Å². The van der Waals surface area contributed by atoms with Crippen molar-refractivity contribution in [3.63, 3.8) is 0 Å². The highest BCUT2D eigenvalue weighted by Gasteiger charge is 2.19. The van der Waals surface area contributed by atoms with Gasteiger partial charge in [0, 0.05) is 19.3 Å². The third kappa shape index (κ3) is 51.7. The molecule has 0 aliphatic rings. The summed E-state index contributed by atoms with van der Waals surface area (Å²) in [5.74, 6) is -0.963. The highest BCUT2D eigenvalue weighted by Crippen LogP contribution is 2.15. The number of carbonyl (C=O) groups is 3. The second-order valence-corrected chi connectivity index (χ2v) is 18.1. The van der Waals surface area contributed by atoms with Crippen LogP contribution in [0, 0.1) is 0 Å². The average molecular weight is 907 g/mol. The number of esters is 3. The van der Waals surface area contributed by atoms with E-state index in [2.05, 4.69) is 93.7 Å². The van der Waals surface area contributed by atoms with Crippen LogP contribution in [-0.2, 0) is 28.6 Å². The molecule has 0 aliphatic heterocycles. The molecule has 65 heavy (non-hydrogen) atoms. The predicted molar refractivity (Wildman–Crippen MR) is 279 cm³/mol. The maximum Gasteiger partial charge on any atom is 0.306 e. The highest BCUT2D eigenvalue weighted by molar-refractivity contribution is 5.71. The van der Waals surface area contributed by atoms with Gasteiger partial charge in [0.15, 0.2) is 6.10 Å². The van der Waals surface area contributed by atoms with E-state index in [0.29, 0.717) is 19.3 Å². The third-order valence-corrected chi connectivity index (χ3v) is 11.7. The van der Waals surface area contributed by atoms with Crippen LogP contribution in [0.4, 0.5) is 0 Å². The van der Waals surface area contributed by atoms with E-state index in [4.69, 9.17) is 14.2 Å². The van der Waals surface area contributed by atoms with Gasteiger partial charge in [-0.15, -0.1) is 0 Å². The molecule has 1 unspecified atom stereocenters. The number of carbonyl (C=O) groups excluding carboxylic acids is 3. The van der Waals surface area contributed by atoms with E-state index in [0.717, 1.165) is 89.9 Å². The summed E-state index contributed by atoms with van der Waals surface area (Å²) in [7, 11) is 0. The second kappa shape index (κ2) is 53.5. The SMILES string of the molecule is CCCCCC=CCC=CCC=CCC=CCCCC(=O)OCC(COC(=O)CCCCCCCCCCCCCCCCC)OC(=O)CCCCCCCC=CCC=CCCCCC. The van der Waals surface area contributed by atoms with Gasteiger partial charge in [0.1, 0.15) is 13.2 Å². The predicted octanol–water partition coefficient (Wildman–Crippen LogP) is 18.2. The monoisotopic (exact) mass is 907 g/mol. The zero-order valence-corrected chi connectivity index (χ0v) is 42.7. The van der Waals surface area contributed by atoms with Gasteiger partial charge in [0.05, 0.1) is 0 Å². The van der Waals surface area contributed by atoms with Gasteiger partial charge in [0.2, 0.25) is 0 Å². The summed E-state index contributed by atoms with van der Waals surface area (Å²) in [5.41, 5.74) is 0.